The molecule has 3 saturated heterocycles. The van der Waals surface area contributed by atoms with Crippen LogP contribution in [0, 0.1) is 5.92 Å². The number of nitrogens with zero attached hydrogens (tertiary/aromatic N) is 2. The number of hydrogen-bond acceptors (Lipinski definition) is 8. The summed E-state index contributed by atoms with van der Waals surface area (Å²) in [4.78, 5) is 25.5. The van der Waals surface area contributed by atoms with Crippen molar-refractivity contribution in [3.05, 3.63) is 0 Å². The Bertz CT molecular complexity index is 948. The molecule has 14 heteroatoms. The second-order valence-electron chi connectivity index (χ2n) is 12.2. The number of carboxylic acids is 1. The van der Waals surface area contributed by atoms with E-state index in [0.717, 1.165) is 4.31 Å². The lowest BCUT2D eigenvalue weighted by Crippen LogP contribution is -2.63. The monoisotopic (exact) mass is 532 g/mol. The molecule has 0 saturated carbocycles. The number of likely N-dealkylation sites (tertiary alicyclic amines) is 1. The molecule has 3 rings (SSSR count). The van der Waals surface area contributed by atoms with Gasteiger partial charge in [0.05, 0.1) is 17.2 Å². The van der Waals surface area contributed by atoms with Gasteiger partial charge in [-0.3, -0.25) is 4.79 Å². The molecule has 12 nitrogen and oxygen atoms in total. The van der Waals surface area contributed by atoms with Crippen LogP contribution in [0.2, 0.25) is 6.32 Å². The first-order valence-electron chi connectivity index (χ1n) is 12.4. The van der Waals surface area contributed by atoms with Crippen LogP contribution in [0.4, 0.5) is 4.79 Å². The van der Waals surface area contributed by atoms with Crippen LogP contribution in [0.1, 0.15) is 61.3 Å². The van der Waals surface area contributed by atoms with Crippen molar-refractivity contribution in [3.8, 4) is 0 Å². The van der Waals surface area contributed by atoms with Crippen LogP contribution < -0.4 is 10.5 Å². The summed E-state index contributed by atoms with van der Waals surface area (Å²) in [7, 11) is -4.42. The minimum absolute atomic E-state index is 0.00992. The normalized spacial score (nSPS) is 28.8. The number of carboxylic acid groups (broad SMARTS) is 1. The summed E-state index contributed by atoms with van der Waals surface area (Å²) in [5, 5.41) is 9.83. The van der Waals surface area contributed by atoms with Crippen molar-refractivity contribution in [1.29, 1.82) is 0 Å². The van der Waals surface area contributed by atoms with E-state index in [1.54, 1.807) is 20.8 Å². The molecule has 0 radical (unpaired) electrons. The van der Waals surface area contributed by atoms with Crippen LogP contribution in [0.3, 0.4) is 0 Å². The first kappa shape index (κ1) is 29.1. The van der Waals surface area contributed by atoms with Gasteiger partial charge in [-0.2, -0.15) is 17.4 Å². The molecule has 4 N–H and O–H groups in total. The minimum atomic E-state index is -4.00. The molecule has 1 amide bonds. The number of carbonyl (C=O) groups is 2. The summed E-state index contributed by atoms with van der Waals surface area (Å²) in [6, 6.07) is -0.484. The molecular weight excluding hydrogens is 491 g/mol. The van der Waals surface area contributed by atoms with Gasteiger partial charge in [0.15, 0.2) is 0 Å². The van der Waals surface area contributed by atoms with Crippen molar-refractivity contribution in [3.63, 3.8) is 0 Å². The second-order valence-corrected chi connectivity index (χ2v) is 13.9. The van der Waals surface area contributed by atoms with Gasteiger partial charge in [0.1, 0.15) is 11.1 Å². The van der Waals surface area contributed by atoms with Crippen molar-refractivity contribution in [2.24, 2.45) is 11.7 Å². The van der Waals surface area contributed by atoms with Crippen LogP contribution >= 0.6 is 0 Å². The number of rotatable bonds is 8. The number of amides is 1. The maximum Gasteiger partial charge on any atom is 0.457 e. The first-order chi connectivity index (χ1) is 16.3. The smallest absolute Gasteiger partial charge is 0.457 e. The molecule has 3 aliphatic rings. The lowest BCUT2D eigenvalue weighted by molar-refractivity contribution is -0.144. The van der Waals surface area contributed by atoms with Gasteiger partial charge < -0.3 is 29.8 Å². The molecule has 0 aromatic rings. The summed E-state index contributed by atoms with van der Waals surface area (Å²) >= 11 is 0. The van der Waals surface area contributed by atoms with Crippen LogP contribution in [0.15, 0.2) is 0 Å². The van der Waals surface area contributed by atoms with Gasteiger partial charge in [0.2, 0.25) is 0 Å². The molecular formula is C22H41BN4O8S. The first-order valence-corrected chi connectivity index (χ1v) is 13.8. The highest BCUT2D eigenvalue weighted by molar-refractivity contribution is 7.87. The minimum Gasteiger partial charge on any atom is -0.480 e. The largest absolute Gasteiger partial charge is 0.480 e. The summed E-state index contributed by atoms with van der Waals surface area (Å²) < 4.78 is 47.0. The SMILES string of the molecule is CC(C)(C)OC(=O)N1CC(NS(=O)(=O)N2C[C@@H](CCCB3OC(C)(C)C(C)(C)O3)[C@@](N)(C(=O)O)C2)C1. The molecule has 36 heavy (non-hydrogen) atoms. The maximum absolute atomic E-state index is 13.0. The van der Waals surface area contributed by atoms with Crippen molar-refractivity contribution in [1.82, 2.24) is 13.9 Å². The van der Waals surface area contributed by atoms with E-state index in [0.29, 0.717) is 19.2 Å². The molecule has 0 aromatic heterocycles. The fraction of sp³-hybridized carbons (Fsp3) is 0.909. The van der Waals surface area contributed by atoms with Gasteiger partial charge in [-0.15, -0.1) is 0 Å². The number of aliphatic carboxylic acids is 1. The van der Waals surface area contributed by atoms with E-state index >= 15 is 0 Å². The third-order valence-corrected chi connectivity index (χ3v) is 9.06. The van der Waals surface area contributed by atoms with E-state index in [-0.39, 0.29) is 26.2 Å². The Labute approximate surface area is 214 Å². The maximum atomic E-state index is 13.0. The molecule has 0 aliphatic carbocycles. The zero-order valence-corrected chi connectivity index (χ0v) is 23.2. The Hall–Kier alpha value is -1.45. The van der Waals surface area contributed by atoms with Crippen molar-refractivity contribution < 1.29 is 37.2 Å². The Balaban J connectivity index is 1.54. The van der Waals surface area contributed by atoms with Crippen molar-refractivity contribution in [2.75, 3.05) is 26.2 Å². The molecule has 3 fully saturated rings. The van der Waals surface area contributed by atoms with E-state index < -0.39 is 63.7 Å². The van der Waals surface area contributed by atoms with Gasteiger partial charge in [-0.05, 0) is 61.2 Å². The summed E-state index contributed by atoms with van der Waals surface area (Å²) in [6.07, 6.45) is 1.03. The molecule has 3 heterocycles. The van der Waals surface area contributed by atoms with Crippen LogP contribution in [-0.2, 0) is 29.0 Å². The number of ether oxygens (including phenoxy) is 1. The van der Waals surface area contributed by atoms with Crippen molar-refractivity contribution in [2.45, 2.75) is 96.0 Å². The Morgan fingerprint density at radius 1 is 1.14 bits per heavy atom. The highest BCUT2D eigenvalue weighted by Crippen LogP contribution is 2.39. The third-order valence-electron chi connectivity index (χ3n) is 7.47. The number of carbonyl (C=O) groups excluding carboxylic acids is 1. The molecule has 0 spiro atoms. The van der Waals surface area contributed by atoms with Crippen LogP contribution in [-0.4, -0.2) is 96.5 Å². The second kappa shape index (κ2) is 9.70. The number of nitrogens with two attached hydrogens (primary N) is 1. The molecule has 2 atom stereocenters. The topological polar surface area (TPSA) is 161 Å². The van der Waals surface area contributed by atoms with Gasteiger partial charge in [-0.25, -0.2) is 4.79 Å². The summed E-state index contributed by atoms with van der Waals surface area (Å²) in [6.45, 7) is 13.1. The number of hydrogen-bond donors (Lipinski definition) is 3. The molecule has 0 unspecified atom stereocenters. The third kappa shape index (κ3) is 6.16. The average molecular weight is 532 g/mol. The molecule has 0 aromatic carbocycles. The molecule has 0 bridgehead atoms. The number of nitrogens with one attached hydrogen (secondary N) is 1. The summed E-state index contributed by atoms with van der Waals surface area (Å²) in [5.74, 6) is -1.81. The van der Waals surface area contributed by atoms with E-state index in [9.17, 15) is 23.1 Å². The Kier molecular flexibility index (Phi) is 7.84. The highest BCUT2D eigenvalue weighted by atomic mass is 32.2. The van der Waals surface area contributed by atoms with Crippen LogP contribution in [0.25, 0.3) is 0 Å². The standard InChI is InChI=1S/C22H41BN4O8S/c1-19(2,3)33-18(30)26-12-16(13-26)25-36(31,32)27-11-15(22(24,14-27)17(28)29)9-8-10-23-34-20(4,5)21(6,7)35-23/h15-16,25H,8-14,24H2,1-7H3,(H,28,29)/t15-,22-/m1/s1. The van der Waals surface area contributed by atoms with E-state index in [4.69, 9.17) is 19.8 Å². The van der Waals surface area contributed by atoms with Gasteiger partial charge in [-0.1, -0.05) is 6.42 Å². The van der Waals surface area contributed by atoms with Crippen molar-refractivity contribution >= 4 is 29.4 Å². The van der Waals surface area contributed by atoms with Gasteiger partial charge in [0.25, 0.3) is 10.2 Å². The predicted molar refractivity (Wildman–Crippen MR) is 133 cm³/mol. The van der Waals surface area contributed by atoms with E-state index in [2.05, 4.69) is 4.72 Å². The highest BCUT2D eigenvalue weighted by Gasteiger charge is 2.54. The quantitative estimate of drug-likeness (QED) is 0.388. The van der Waals surface area contributed by atoms with Gasteiger partial charge in [0, 0.05) is 32.1 Å². The Morgan fingerprint density at radius 3 is 2.19 bits per heavy atom. The lowest BCUT2D eigenvalue weighted by atomic mass is 9.78. The lowest BCUT2D eigenvalue weighted by Gasteiger charge is -2.40. The van der Waals surface area contributed by atoms with Crippen LogP contribution in [0.5, 0.6) is 0 Å². The van der Waals surface area contributed by atoms with Gasteiger partial charge >= 0.3 is 19.2 Å². The molecule has 206 valence electrons. The zero-order chi connectivity index (χ0) is 27.3. The fourth-order valence-corrected chi connectivity index (χ4v) is 6.08. The zero-order valence-electron chi connectivity index (χ0n) is 22.4. The van der Waals surface area contributed by atoms with E-state index in [1.165, 1.54) is 4.90 Å². The Morgan fingerprint density at radius 2 is 1.69 bits per heavy atom. The fourth-order valence-electron chi connectivity index (χ4n) is 4.60. The molecule has 3 aliphatic heterocycles. The average Bonchev–Trinajstić information content (AvgIpc) is 3.10. The van der Waals surface area contributed by atoms with E-state index in [1.807, 2.05) is 27.7 Å². The summed E-state index contributed by atoms with van der Waals surface area (Å²) in [5.41, 5.74) is 2.99. The predicted octanol–water partition coefficient (Wildman–Crippen LogP) is 1.03.